The van der Waals surface area contributed by atoms with E-state index in [9.17, 15) is 9.59 Å². The molecule has 5 heteroatoms. The molecule has 0 aliphatic carbocycles. The summed E-state index contributed by atoms with van der Waals surface area (Å²) in [5, 5.41) is 8.87. The Labute approximate surface area is 106 Å². The first kappa shape index (κ1) is 14.0. The number of carbonyl (C=O) groups excluding carboxylic acids is 1. The van der Waals surface area contributed by atoms with Crippen molar-refractivity contribution in [2.24, 2.45) is 5.92 Å². The Morgan fingerprint density at radius 2 is 2.00 bits per heavy atom. The summed E-state index contributed by atoms with van der Waals surface area (Å²) in [6.45, 7) is 4.02. The lowest BCUT2D eigenvalue weighted by Gasteiger charge is -2.23. The van der Waals surface area contributed by atoms with Gasteiger partial charge in [0.25, 0.3) is 5.91 Å². The molecule has 0 saturated heterocycles. The topological polar surface area (TPSA) is 83.6 Å². The van der Waals surface area contributed by atoms with Gasteiger partial charge in [0.2, 0.25) is 0 Å². The predicted octanol–water partition coefficient (Wildman–Crippen LogP) is 1.45. The van der Waals surface area contributed by atoms with Crippen LogP contribution < -0.4 is 5.73 Å². The molecular formula is C13H18N2O3. The van der Waals surface area contributed by atoms with Gasteiger partial charge in [0, 0.05) is 18.8 Å². The van der Waals surface area contributed by atoms with Crippen LogP contribution in [0.25, 0.3) is 0 Å². The minimum Gasteiger partial charge on any atom is -0.481 e. The molecule has 0 saturated carbocycles. The Kier molecular flexibility index (Phi) is 4.71. The van der Waals surface area contributed by atoms with Crippen molar-refractivity contribution in [1.29, 1.82) is 0 Å². The van der Waals surface area contributed by atoms with Crippen LogP contribution in [0.2, 0.25) is 0 Å². The number of amides is 1. The molecule has 0 fully saturated rings. The highest BCUT2D eigenvalue weighted by Gasteiger charge is 2.21. The van der Waals surface area contributed by atoms with E-state index in [1.807, 2.05) is 6.92 Å². The highest BCUT2D eigenvalue weighted by atomic mass is 16.4. The van der Waals surface area contributed by atoms with E-state index in [4.69, 9.17) is 10.8 Å². The summed E-state index contributed by atoms with van der Waals surface area (Å²) in [5.74, 6) is -1.75. The number of carbonyl (C=O) groups is 2. The molecule has 5 nitrogen and oxygen atoms in total. The fourth-order valence-corrected chi connectivity index (χ4v) is 1.63. The molecule has 0 heterocycles. The van der Waals surface area contributed by atoms with E-state index in [0.717, 1.165) is 0 Å². The van der Waals surface area contributed by atoms with E-state index >= 15 is 0 Å². The Balaban J connectivity index is 2.86. The molecule has 0 aliphatic rings. The number of nitrogens with zero attached hydrogens (tertiary/aromatic N) is 1. The van der Waals surface area contributed by atoms with E-state index in [-0.39, 0.29) is 12.5 Å². The van der Waals surface area contributed by atoms with E-state index < -0.39 is 11.9 Å². The van der Waals surface area contributed by atoms with E-state index in [0.29, 0.717) is 17.8 Å². The van der Waals surface area contributed by atoms with Crippen molar-refractivity contribution in [2.45, 2.75) is 13.8 Å². The zero-order chi connectivity index (χ0) is 13.7. The van der Waals surface area contributed by atoms with Gasteiger partial charge < -0.3 is 15.7 Å². The molecule has 1 aromatic carbocycles. The smallest absolute Gasteiger partial charge is 0.308 e. The van der Waals surface area contributed by atoms with Crippen LogP contribution in [0, 0.1) is 5.92 Å². The molecule has 98 valence electrons. The van der Waals surface area contributed by atoms with Crippen molar-refractivity contribution in [2.75, 3.05) is 18.8 Å². The highest BCUT2D eigenvalue weighted by molar-refractivity contribution is 5.99. The molecule has 1 rings (SSSR count). The van der Waals surface area contributed by atoms with Crippen LogP contribution in [-0.4, -0.2) is 35.0 Å². The number of benzene rings is 1. The van der Waals surface area contributed by atoms with Gasteiger partial charge in [-0.2, -0.15) is 0 Å². The third-order valence-electron chi connectivity index (χ3n) is 2.78. The van der Waals surface area contributed by atoms with Crippen LogP contribution in [0.4, 0.5) is 5.69 Å². The fourth-order valence-electron chi connectivity index (χ4n) is 1.63. The predicted molar refractivity (Wildman–Crippen MR) is 69.2 cm³/mol. The molecule has 1 aromatic rings. The number of carboxylic acids is 1. The maximum absolute atomic E-state index is 12.2. The van der Waals surface area contributed by atoms with Crippen molar-refractivity contribution < 1.29 is 14.7 Å². The number of nitrogen functional groups attached to an aromatic ring is 1. The molecule has 1 amide bonds. The van der Waals surface area contributed by atoms with Gasteiger partial charge in [0.05, 0.1) is 11.5 Å². The van der Waals surface area contributed by atoms with E-state index in [1.54, 1.807) is 31.2 Å². The van der Waals surface area contributed by atoms with Crippen molar-refractivity contribution in [3.63, 3.8) is 0 Å². The summed E-state index contributed by atoms with van der Waals surface area (Å²) in [6.07, 6.45) is 0. The van der Waals surface area contributed by atoms with Crippen molar-refractivity contribution in [3.8, 4) is 0 Å². The monoisotopic (exact) mass is 250 g/mol. The molecule has 0 aromatic heterocycles. The fraction of sp³-hybridized carbons (Fsp3) is 0.385. The molecule has 3 N–H and O–H groups in total. The zero-order valence-electron chi connectivity index (χ0n) is 10.6. The summed E-state index contributed by atoms with van der Waals surface area (Å²) in [7, 11) is 0. The Morgan fingerprint density at radius 3 is 2.50 bits per heavy atom. The SMILES string of the molecule is CCN(CC(C)C(=O)O)C(=O)c1ccccc1N. The van der Waals surface area contributed by atoms with Crippen molar-refractivity contribution >= 4 is 17.6 Å². The summed E-state index contributed by atoms with van der Waals surface area (Å²) in [5.41, 5.74) is 6.56. The lowest BCUT2D eigenvalue weighted by molar-refractivity contribution is -0.141. The van der Waals surface area contributed by atoms with E-state index in [2.05, 4.69) is 0 Å². The number of hydrogen-bond donors (Lipinski definition) is 2. The average molecular weight is 250 g/mol. The quantitative estimate of drug-likeness (QED) is 0.775. The summed E-state index contributed by atoms with van der Waals surface area (Å²) in [4.78, 5) is 24.5. The van der Waals surface area contributed by atoms with Crippen molar-refractivity contribution in [3.05, 3.63) is 29.8 Å². The number of para-hydroxylation sites is 1. The number of carboxylic acid groups (broad SMARTS) is 1. The first-order valence-electron chi connectivity index (χ1n) is 5.84. The second-order valence-corrected chi connectivity index (χ2v) is 4.17. The van der Waals surface area contributed by atoms with Gasteiger partial charge in [-0.15, -0.1) is 0 Å². The first-order chi connectivity index (χ1) is 8.47. The maximum Gasteiger partial charge on any atom is 0.308 e. The van der Waals surface area contributed by atoms with Crippen LogP contribution in [0.1, 0.15) is 24.2 Å². The number of rotatable bonds is 5. The standard InChI is InChI=1S/C13H18N2O3/c1-3-15(8-9(2)13(17)18)12(16)10-6-4-5-7-11(10)14/h4-7,9H,3,8,14H2,1-2H3,(H,17,18). The molecule has 0 aliphatic heterocycles. The van der Waals surface area contributed by atoms with Gasteiger partial charge in [0.1, 0.15) is 0 Å². The van der Waals surface area contributed by atoms with Crippen molar-refractivity contribution in [1.82, 2.24) is 4.90 Å². The molecule has 1 unspecified atom stereocenters. The summed E-state index contributed by atoms with van der Waals surface area (Å²) < 4.78 is 0. The van der Waals surface area contributed by atoms with Gasteiger partial charge in [-0.1, -0.05) is 19.1 Å². The second-order valence-electron chi connectivity index (χ2n) is 4.17. The Hall–Kier alpha value is -2.04. The van der Waals surface area contributed by atoms with Gasteiger partial charge in [-0.05, 0) is 19.1 Å². The minimum atomic E-state index is -0.915. The highest BCUT2D eigenvalue weighted by Crippen LogP contribution is 2.14. The Bertz CT molecular complexity index is 446. The van der Waals surface area contributed by atoms with Crippen LogP contribution in [-0.2, 0) is 4.79 Å². The molecule has 0 spiro atoms. The third kappa shape index (κ3) is 3.23. The molecule has 0 radical (unpaired) electrons. The van der Waals surface area contributed by atoms with Gasteiger partial charge in [0.15, 0.2) is 0 Å². The third-order valence-corrected chi connectivity index (χ3v) is 2.78. The molecule has 0 bridgehead atoms. The van der Waals surface area contributed by atoms with Crippen LogP contribution in [0.5, 0.6) is 0 Å². The van der Waals surface area contributed by atoms with E-state index in [1.165, 1.54) is 4.90 Å². The van der Waals surface area contributed by atoms with Gasteiger partial charge >= 0.3 is 5.97 Å². The molecule has 18 heavy (non-hydrogen) atoms. The van der Waals surface area contributed by atoms with Gasteiger partial charge in [-0.25, -0.2) is 0 Å². The number of hydrogen-bond acceptors (Lipinski definition) is 3. The number of aliphatic carboxylic acids is 1. The lowest BCUT2D eigenvalue weighted by atomic mass is 10.1. The minimum absolute atomic E-state index is 0.180. The summed E-state index contributed by atoms with van der Waals surface area (Å²) in [6, 6.07) is 6.79. The zero-order valence-corrected chi connectivity index (χ0v) is 10.6. The molecule has 1 atom stereocenters. The second kappa shape index (κ2) is 6.05. The molecular weight excluding hydrogens is 232 g/mol. The van der Waals surface area contributed by atoms with Crippen LogP contribution >= 0.6 is 0 Å². The maximum atomic E-state index is 12.2. The average Bonchev–Trinajstić information content (AvgIpc) is 2.35. The largest absolute Gasteiger partial charge is 0.481 e. The lowest BCUT2D eigenvalue weighted by Crippen LogP contribution is -2.37. The van der Waals surface area contributed by atoms with Crippen LogP contribution in [0.3, 0.4) is 0 Å². The summed E-state index contributed by atoms with van der Waals surface area (Å²) >= 11 is 0. The number of anilines is 1. The van der Waals surface area contributed by atoms with Gasteiger partial charge in [-0.3, -0.25) is 9.59 Å². The number of nitrogens with two attached hydrogens (primary N) is 1. The van der Waals surface area contributed by atoms with Crippen LogP contribution in [0.15, 0.2) is 24.3 Å². The Morgan fingerprint density at radius 1 is 1.39 bits per heavy atom. The first-order valence-corrected chi connectivity index (χ1v) is 5.84. The normalized spacial score (nSPS) is 11.9.